The molecule has 0 saturated heterocycles. The molecule has 19 heavy (non-hydrogen) atoms. The predicted octanol–water partition coefficient (Wildman–Crippen LogP) is 2.23. The lowest BCUT2D eigenvalue weighted by atomic mass is 10.0. The third-order valence-corrected chi connectivity index (χ3v) is 4.10. The van der Waals surface area contributed by atoms with Gasteiger partial charge in [-0.15, -0.1) is 0 Å². The van der Waals surface area contributed by atoms with Crippen LogP contribution < -0.4 is 15.1 Å². The minimum absolute atomic E-state index is 0.0459. The molecule has 0 fully saturated rings. The van der Waals surface area contributed by atoms with Crippen LogP contribution in [0, 0.1) is 0 Å². The number of amides is 1. The SMILES string of the molecule is CNC(C)(C)CN1CC(=O)N(C)c2ccc(Br)cc21. The minimum atomic E-state index is -0.0459. The zero-order valence-electron chi connectivity index (χ0n) is 11.8. The number of hydrogen-bond donors (Lipinski definition) is 1. The maximum Gasteiger partial charge on any atom is 0.246 e. The van der Waals surface area contributed by atoms with Crippen LogP contribution in [0.25, 0.3) is 0 Å². The highest BCUT2D eigenvalue weighted by atomic mass is 79.9. The van der Waals surface area contributed by atoms with Crippen molar-refractivity contribution in [1.82, 2.24) is 5.32 Å². The quantitative estimate of drug-likeness (QED) is 0.925. The molecule has 1 aromatic rings. The molecule has 0 aromatic heterocycles. The van der Waals surface area contributed by atoms with Gasteiger partial charge in [0.1, 0.15) is 0 Å². The second kappa shape index (κ2) is 5.13. The Bertz CT molecular complexity index is 501. The predicted molar refractivity (Wildman–Crippen MR) is 82.9 cm³/mol. The molecule has 5 heteroatoms. The van der Waals surface area contributed by atoms with Crippen molar-refractivity contribution in [2.45, 2.75) is 19.4 Å². The number of hydrogen-bond acceptors (Lipinski definition) is 3. The van der Waals surface area contributed by atoms with E-state index >= 15 is 0 Å². The largest absolute Gasteiger partial charge is 0.359 e. The van der Waals surface area contributed by atoms with Crippen LogP contribution in [0.15, 0.2) is 22.7 Å². The molecule has 104 valence electrons. The van der Waals surface area contributed by atoms with Gasteiger partial charge in [-0.05, 0) is 39.1 Å². The van der Waals surface area contributed by atoms with E-state index in [4.69, 9.17) is 0 Å². The highest BCUT2D eigenvalue weighted by Crippen LogP contribution is 2.35. The van der Waals surface area contributed by atoms with Crippen molar-refractivity contribution in [3.63, 3.8) is 0 Å². The number of anilines is 2. The number of nitrogens with one attached hydrogen (secondary N) is 1. The first-order valence-electron chi connectivity index (χ1n) is 6.34. The highest BCUT2D eigenvalue weighted by molar-refractivity contribution is 9.10. The molecule has 2 rings (SSSR count). The molecular weight excluding hydrogens is 306 g/mol. The zero-order valence-corrected chi connectivity index (χ0v) is 13.4. The Hall–Kier alpha value is -1.07. The highest BCUT2D eigenvalue weighted by Gasteiger charge is 2.30. The van der Waals surface area contributed by atoms with Gasteiger partial charge < -0.3 is 15.1 Å². The average molecular weight is 326 g/mol. The summed E-state index contributed by atoms with van der Waals surface area (Å²) in [5.74, 6) is 0.127. The van der Waals surface area contributed by atoms with Crippen LogP contribution >= 0.6 is 15.9 Å². The standard InChI is InChI=1S/C14H20BrN3O/c1-14(2,16-3)9-18-8-13(19)17(4)11-6-5-10(15)7-12(11)18/h5-7,16H,8-9H2,1-4H3. The van der Waals surface area contributed by atoms with Gasteiger partial charge in [0.15, 0.2) is 0 Å². The first kappa shape index (κ1) is 14.3. The van der Waals surface area contributed by atoms with Crippen LogP contribution in [0.4, 0.5) is 11.4 Å². The third-order valence-electron chi connectivity index (χ3n) is 3.60. The topological polar surface area (TPSA) is 35.6 Å². The zero-order chi connectivity index (χ0) is 14.2. The molecule has 0 radical (unpaired) electrons. The Balaban J connectivity index is 2.39. The second-order valence-corrected chi connectivity index (χ2v) is 6.49. The van der Waals surface area contributed by atoms with Gasteiger partial charge >= 0.3 is 0 Å². The van der Waals surface area contributed by atoms with Gasteiger partial charge in [-0.1, -0.05) is 15.9 Å². The molecule has 1 aliphatic rings. The molecular formula is C14H20BrN3O. The molecule has 0 atom stereocenters. The number of fused-ring (bicyclic) bond motifs is 1. The van der Waals surface area contributed by atoms with E-state index in [9.17, 15) is 4.79 Å². The number of benzene rings is 1. The Morgan fingerprint density at radius 3 is 2.68 bits per heavy atom. The first-order valence-corrected chi connectivity index (χ1v) is 7.13. The van der Waals surface area contributed by atoms with E-state index in [1.807, 2.05) is 26.2 Å². The van der Waals surface area contributed by atoms with Gasteiger partial charge in [-0.2, -0.15) is 0 Å². The second-order valence-electron chi connectivity index (χ2n) is 5.58. The molecule has 4 nitrogen and oxygen atoms in total. The van der Waals surface area contributed by atoms with Crippen molar-refractivity contribution in [2.75, 3.05) is 37.0 Å². The van der Waals surface area contributed by atoms with Gasteiger partial charge in [0.2, 0.25) is 5.91 Å². The summed E-state index contributed by atoms with van der Waals surface area (Å²) in [6.07, 6.45) is 0. The summed E-state index contributed by atoms with van der Waals surface area (Å²) < 4.78 is 1.03. The van der Waals surface area contributed by atoms with Crippen molar-refractivity contribution in [3.8, 4) is 0 Å². The Kier molecular flexibility index (Phi) is 3.87. The molecule has 1 aliphatic heterocycles. The molecule has 1 amide bonds. The minimum Gasteiger partial charge on any atom is -0.359 e. The summed E-state index contributed by atoms with van der Waals surface area (Å²) in [4.78, 5) is 15.9. The van der Waals surface area contributed by atoms with Crippen LogP contribution in [-0.2, 0) is 4.79 Å². The van der Waals surface area contributed by atoms with E-state index in [0.717, 1.165) is 22.4 Å². The summed E-state index contributed by atoms with van der Waals surface area (Å²) in [7, 11) is 3.77. The lowest BCUT2D eigenvalue weighted by Gasteiger charge is -2.39. The number of carbonyl (C=O) groups excluding carboxylic acids is 1. The molecule has 1 N–H and O–H groups in total. The van der Waals surface area contributed by atoms with Crippen LogP contribution in [-0.4, -0.2) is 38.6 Å². The summed E-state index contributed by atoms with van der Waals surface area (Å²) >= 11 is 3.50. The molecule has 0 unspecified atom stereocenters. The maximum atomic E-state index is 12.1. The molecule has 0 spiro atoms. The summed E-state index contributed by atoms with van der Waals surface area (Å²) in [6, 6.07) is 6.02. The fourth-order valence-corrected chi connectivity index (χ4v) is 2.57. The van der Waals surface area contributed by atoms with Crippen molar-refractivity contribution < 1.29 is 4.79 Å². The first-order chi connectivity index (χ1) is 8.84. The van der Waals surface area contributed by atoms with E-state index in [2.05, 4.69) is 46.1 Å². The molecule has 0 bridgehead atoms. The van der Waals surface area contributed by atoms with Crippen LogP contribution in [0.3, 0.4) is 0 Å². The molecule has 1 heterocycles. The average Bonchev–Trinajstić information content (AvgIpc) is 2.35. The molecule has 0 saturated carbocycles. The maximum absolute atomic E-state index is 12.1. The van der Waals surface area contributed by atoms with Gasteiger partial charge in [-0.3, -0.25) is 4.79 Å². The Labute approximate surface area is 122 Å². The Morgan fingerprint density at radius 1 is 1.37 bits per heavy atom. The van der Waals surface area contributed by atoms with Gasteiger partial charge in [-0.25, -0.2) is 0 Å². The van der Waals surface area contributed by atoms with Crippen LogP contribution in [0.5, 0.6) is 0 Å². The van der Waals surface area contributed by atoms with Gasteiger partial charge in [0.05, 0.1) is 17.9 Å². The number of halogens is 1. The number of carbonyl (C=O) groups is 1. The van der Waals surface area contributed by atoms with E-state index in [0.29, 0.717) is 6.54 Å². The molecule has 0 aliphatic carbocycles. The normalized spacial score (nSPS) is 15.7. The van der Waals surface area contributed by atoms with E-state index < -0.39 is 0 Å². The third kappa shape index (κ3) is 2.92. The van der Waals surface area contributed by atoms with Crippen molar-refractivity contribution in [2.24, 2.45) is 0 Å². The summed E-state index contributed by atoms with van der Waals surface area (Å²) in [5.41, 5.74) is 2.02. The Morgan fingerprint density at radius 2 is 2.05 bits per heavy atom. The number of nitrogens with zero attached hydrogens (tertiary/aromatic N) is 2. The van der Waals surface area contributed by atoms with Crippen molar-refractivity contribution in [1.29, 1.82) is 0 Å². The monoisotopic (exact) mass is 325 g/mol. The fourth-order valence-electron chi connectivity index (χ4n) is 2.22. The van der Waals surface area contributed by atoms with Crippen molar-refractivity contribution in [3.05, 3.63) is 22.7 Å². The van der Waals surface area contributed by atoms with E-state index in [-0.39, 0.29) is 11.4 Å². The fraction of sp³-hybridized carbons (Fsp3) is 0.500. The smallest absolute Gasteiger partial charge is 0.246 e. The van der Waals surface area contributed by atoms with Gasteiger partial charge in [0.25, 0.3) is 0 Å². The van der Waals surface area contributed by atoms with Crippen molar-refractivity contribution >= 4 is 33.2 Å². The summed E-state index contributed by atoms with van der Waals surface area (Å²) in [5, 5.41) is 3.28. The van der Waals surface area contributed by atoms with Gasteiger partial charge in [0, 0.05) is 23.6 Å². The van der Waals surface area contributed by atoms with E-state index in [1.54, 1.807) is 4.90 Å². The van der Waals surface area contributed by atoms with E-state index in [1.165, 1.54) is 0 Å². The van der Waals surface area contributed by atoms with Crippen LogP contribution in [0.2, 0.25) is 0 Å². The molecule has 1 aromatic carbocycles. The number of likely N-dealkylation sites (N-methyl/N-ethyl adjacent to an activating group) is 2. The summed E-state index contributed by atoms with van der Waals surface area (Å²) in [6.45, 7) is 5.47. The lowest BCUT2D eigenvalue weighted by molar-refractivity contribution is -0.117. The lowest BCUT2D eigenvalue weighted by Crippen LogP contribution is -2.52. The van der Waals surface area contributed by atoms with Crippen LogP contribution in [0.1, 0.15) is 13.8 Å². The number of rotatable bonds is 3.